The fourth-order valence-electron chi connectivity index (χ4n) is 2.69. The Balaban J connectivity index is 2.00. The summed E-state index contributed by atoms with van der Waals surface area (Å²) in [7, 11) is -1.53. The number of benzene rings is 1. The highest BCUT2D eigenvalue weighted by Crippen LogP contribution is 2.30. The van der Waals surface area contributed by atoms with Crippen molar-refractivity contribution < 1.29 is 24.0 Å². The van der Waals surface area contributed by atoms with Crippen LogP contribution < -0.4 is 5.46 Å². The smallest absolute Gasteiger partial charge is 0.444 e. The van der Waals surface area contributed by atoms with Crippen LogP contribution in [-0.2, 0) is 4.74 Å². The zero-order valence-electron chi connectivity index (χ0n) is 13.7. The molecule has 1 aliphatic heterocycles. The molecule has 1 fully saturated rings. The first kappa shape index (κ1) is 17.8. The molecule has 1 saturated heterocycles. The van der Waals surface area contributed by atoms with Crippen molar-refractivity contribution in [3.05, 3.63) is 29.8 Å². The van der Waals surface area contributed by atoms with Crippen LogP contribution in [0, 0.1) is 0 Å². The Hall–Kier alpha value is -1.60. The lowest BCUT2D eigenvalue weighted by molar-refractivity contribution is 0.0111. The van der Waals surface area contributed by atoms with Crippen LogP contribution in [0.3, 0.4) is 0 Å². The molecule has 0 unspecified atom stereocenters. The van der Waals surface area contributed by atoms with E-state index in [-0.39, 0.29) is 12.5 Å². The van der Waals surface area contributed by atoms with E-state index in [4.69, 9.17) is 14.8 Å². The van der Waals surface area contributed by atoms with E-state index in [9.17, 15) is 9.18 Å². The van der Waals surface area contributed by atoms with E-state index in [1.807, 2.05) is 0 Å². The van der Waals surface area contributed by atoms with Crippen molar-refractivity contribution in [2.75, 3.05) is 13.1 Å². The molecule has 1 aromatic carbocycles. The number of halogens is 1. The molecule has 7 heteroatoms. The van der Waals surface area contributed by atoms with E-state index in [0.29, 0.717) is 18.4 Å². The van der Waals surface area contributed by atoms with E-state index in [1.165, 1.54) is 4.90 Å². The molecule has 126 valence electrons. The molecule has 2 rings (SSSR count). The number of alkyl halides is 1. The predicted octanol–water partition coefficient (Wildman–Crippen LogP) is 1.43. The summed E-state index contributed by atoms with van der Waals surface area (Å²) in [5.74, 6) is -0.307. The molecular formula is C16H23BFNO4. The van der Waals surface area contributed by atoms with Crippen molar-refractivity contribution >= 4 is 18.7 Å². The minimum absolute atomic E-state index is 0.00393. The summed E-state index contributed by atoms with van der Waals surface area (Å²) in [4.78, 5) is 13.4. The van der Waals surface area contributed by atoms with E-state index in [1.54, 1.807) is 45.0 Å². The van der Waals surface area contributed by atoms with Gasteiger partial charge in [0.1, 0.15) is 11.8 Å². The van der Waals surface area contributed by atoms with Gasteiger partial charge in [-0.1, -0.05) is 24.3 Å². The standard InChI is InChI=1S/C16H23BFNO4/c1-16(2,3)23-15(20)19-9-8-13(14(18)10-19)11-4-6-12(7-5-11)17(21)22/h4-7,13-14,21-22H,8-10H2,1-3H3/t13-,14+/m1/s1. The number of likely N-dealkylation sites (tertiary alicyclic amines) is 1. The predicted molar refractivity (Wildman–Crippen MR) is 86.3 cm³/mol. The maximum atomic E-state index is 14.5. The molecule has 1 amide bonds. The van der Waals surface area contributed by atoms with Crippen LogP contribution in [0.4, 0.5) is 9.18 Å². The Morgan fingerprint density at radius 1 is 1.30 bits per heavy atom. The van der Waals surface area contributed by atoms with Gasteiger partial charge in [0.05, 0.1) is 6.54 Å². The summed E-state index contributed by atoms with van der Waals surface area (Å²) in [5.41, 5.74) is 0.571. The number of hydrogen-bond acceptors (Lipinski definition) is 4. The monoisotopic (exact) mass is 323 g/mol. The molecule has 1 heterocycles. The molecule has 0 aliphatic carbocycles. The molecular weight excluding hydrogens is 300 g/mol. The van der Waals surface area contributed by atoms with Crippen LogP contribution in [0.1, 0.15) is 38.7 Å². The molecule has 5 nitrogen and oxygen atoms in total. The SMILES string of the molecule is CC(C)(C)OC(=O)N1CC[C@H](c2ccc(B(O)O)cc2)[C@@H](F)C1. The van der Waals surface area contributed by atoms with Crippen LogP contribution in [0.2, 0.25) is 0 Å². The maximum Gasteiger partial charge on any atom is 0.488 e. The number of ether oxygens (including phenoxy) is 1. The van der Waals surface area contributed by atoms with E-state index >= 15 is 0 Å². The zero-order chi connectivity index (χ0) is 17.2. The number of piperidine rings is 1. The van der Waals surface area contributed by atoms with Gasteiger partial charge in [-0.15, -0.1) is 0 Å². The van der Waals surface area contributed by atoms with Crippen molar-refractivity contribution in [3.63, 3.8) is 0 Å². The minimum Gasteiger partial charge on any atom is -0.444 e. The summed E-state index contributed by atoms with van der Waals surface area (Å²) >= 11 is 0. The van der Waals surface area contributed by atoms with Gasteiger partial charge in [-0.3, -0.25) is 0 Å². The van der Waals surface area contributed by atoms with Gasteiger partial charge in [0.2, 0.25) is 0 Å². The van der Waals surface area contributed by atoms with Crippen LogP contribution >= 0.6 is 0 Å². The first-order valence-electron chi connectivity index (χ1n) is 7.75. The Labute approximate surface area is 136 Å². The molecule has 2 N–H and O–H groups in total. The van der Waals surface area contributed by atoms with Gasteiger partial charge in [-0.05, 0) is 38.2 Å². The molecule has 2 atom stereocenters. The number of carbonyl (C=O) groups excluding carboxylic acids is 1. The van der Waals surface area contributed by atoms with Crippen molar-refractivity contribution in [1.29, 1.82) is 0 Å². The second-order valence-corrected chi connectivity index (χ2v) is 6.88. The van der Waals surface area contributed by atoms with Crippen LogP contribution in [0.25, 0.3) is 0 Å². The normalized spacial score (nSPS) is 21.9. The largest absolute Gasteiger partial charge is 0.488 e. The average Bonchev–Trinajstić information content (AvgIpc) is 2.45. The van der Waals surface area contributed by atoms with Gasteiger partial charge in [-0.25, -0.2) is 9.18 Å². The lowest BCUT2D eigenvalue weighted by Crippen LogP contribution is -2.46. The highest BCUT2D eigenvalue weighted by molar-refractivity contribution is 6.58. The first-order valence-corrected chi connectivity index (χ1v) is 7.75. The van der Waals surface area contributed by atoms with Crippen molar-refractivity contribution in [2.24, 2.45) is 0 Å². The molecule has 1 aliphatic rings. The molecule has 0 bridgehead atoms. The second-order valence-electron chi connectivity index (χ2n) is 6.88. The average molecular weight is 323 g/mol. The number of carbonyl (C=O) groups is 1. The summed E-state index contributed by atoms with van der Waals surface area (Å²) in [6, 6.07) is 6.56. The third-order valence-corrected chi connectivity index (χ3v) is 3.86. The fourth-order valence-corrected chi connectivity index (χ4v) is 2.69. The Morgan fingerprint density at radius 3 is 2.39 bits per heavy atom. The van der Waals surface area contributed by atoms with Crippen molar-refractivity contribution in [1.82, 2.24) is 4.90 Å². The topological polar surface area (TPSA) is 70.0 Å². The van der Waals surface area contributed by atoms with Crippen molar-refractivity contribution in [3.8, 4) is 0 Å². The summed E-state index contributed by atoms with van der Waals surface area (Å²) < 4.78 is 19.8. The highest BCUT2D eigenvalue weighted by atomic mass is 19.1. The first-order chi connectivity index (χ1) is 10.7. The number of amides is 1. The molecule has 0 aromatic heterocycles. The molecule has 0 saturated carbocycles. The minimum atomic E-state index is -1.53. The van der Waals surface area contributed by atoms with Crippen LogP contribution in [0.15, 0.2) is 24.3 Å². The van der Waals surface area contributed by atoms with Gasteiger partial charge in [0, 0.05) is 12.5 Å². The number of rotatable bonds is 2. The third-order valence-electron chi connectivity index (χ3n) is 3.86. The number of nitrogens with zero attached hydrogens (tertiary/aromatic N) is 1. The molecule has 0 radical (unpaired) electrons. The zero-order valence-corrected chi connectivity index (χ0v) is 13.7. The quantitative estimate of drug-likeness (QED) is 0.808. The van der Waals surface area contributed by atoms with Gasteiger partial charge in [-0.2, -0.15) is 0 Å². The van der Waals surface area contributed by atoms with Crippen molar-refractivity contribution in [2.45, 2.75) is 44.9 Å². The van der Waals surface area contributed by atoms with Crippen LogP contribution in [0.5, 0.6) is 0 Å². The van der Waals surface area contributed by atoms with Gasteiger partial charge < -0.3 is 19.7 Å². The summed E-state index contributed by atoms with van der Waals surface area (Å²) in [6.07, 6.45) is -1.17. The summed E-state index contributed by atoms with van der Waals surface area (Å²) in [5, 5.41) is 18.2. The molecule has 23 heavy (non-hydrogen) atoms. The van der Waals surface area contributed by atoms with Gasteiger partial charge in [0.25, 0.3) is 0 Å². The lowest BCUT2D eigenvalue weighted by Gasteiger charge is -2.35. The Kier molecular flexibility index (Phi) is 5.32. The Morgan fingerprint density at radius 2 is 1.91 bits per heavy atom. The number of hydrogen-bond donors (Lipinski definition) is 2. The van der Waals surface area contributed by atoms with E-state index < -0.39 is 25.0 Å². The maximum absolute atomic E-state index is 14.5. The highest BCUT2D eigenvalue weighted by Gasteiger charge is 2.34. The lowest BCUT2D eigenvalue weighted by atomic mass is 9.78. The van der Waals surface area contributed by atoms with Crippen LogP contribution in [-0.4, -0.2) is 53.0 Å². The Bertz CT molecular complexity index is 544. The van der Waals surface area contributed by atoms with E-state index in [0.717, 1.165) is 5.56 Å². The summed E-state index contributed by atoms with van der Waals surface area (Å²) in [6.45, 7) is 5.78. The van der Waals surface area contributed by atoms with Gasteiger partial charge in [0.15, 0.2) is 0 Å². The molecule has 1 aromatic rings. The fraction of sp³-hybridized carbons (Fsp3) is 0.562. The second kappa shape index (κ2) is 6.89. The molecule has 0 spiro atoms. The van der Waals surface area contributed by atoms with E-state index in [2.05, 4.69) is 0 Å². The van der Waals surface area contributed by atoms with Gasteiger partial charge >= 0.3 is 13.2 Å². The third kappa shape index (κ3) is 4.69.